The molecule has 6 heteroatoms. The number of rotatable bonds is 12. The second-order valence-electron chi connectivity index (χ2n) is 5.39. The normalized spacial score (nSPS) is 13.2. The molecule has 0 aromatic heterocycles. The lowest BCUT2D eigenvalue weighted by atomic mass is 9.88. The van der Waals surface area contributed by atoms with E-state index in [4.69, 9.17) is 21.7 Å². The second kappa shape index (κ2) is 9.72. The number of aliphatic carboxylic acids is 2. The van der Waals surface area contributed by atoms with Gasteiger partial charge >= 0.3 is 11.9 Å². The Morgan fingerprint density at radius 1 is 0.950 bits per heavy atom. The van der Waals surface area contributed by atoms with Gasteiger partial charge in [-0.2, -0.15) is 0 Å². The van der Waals surface area contributed by atoms with E-state index in [9.17, 15) is 9.59 Å². The van der Waals surface area contributed by atoms with Crippen molar-refractivity contribution in [3.8, 4) is 0 Å². The first kappa shape index (κ1) is 18.9. The number of carboxylic acid groups (broad SMARTS) is 2. The van der Waals surface area contributed by atoms with Crippen LogP contribution in [0.2, 0.25) is 0 Å². The fourth-order valence-corrected chi connectivity index (χ4v) is 2.20. The molecule has 0 saturated carbocycles. The lowest BCUT2D eigenvalue weighted by Gasteiger charge is -2.26. The Balaban J connectivity index is 3.95. The van der Waals surface area contributed by atoms with Crippen molar-refractivity contribution in [2.75, 3.05) is 0 Å². The maximum absolute atomic E-state index is 11.1. The third-order valence-electron chi connectivity index (χ3n) is 3.59. The monoisotopic (exact) mass is 288 g/mol. The van der Waals surface area contributed by atoms with E-state index in [1.54, 1.807) is 0 Å². The van der Waals surface area contributed by atoms with E-state index in [-0.39, 0.29) is 6.42 Å². The zero-order valence-electron chi connectivity index (χ0n) is 12.3. The van der Waals surface area contributed by atoms with Crippen LogP contribution >= 0.6 is 0 Å². The van der Waals surface area contributed by atoms with Gasteiger partial charge in [-0.3, -0.25) is 4.79 Å². The minimum absolute atomic E-state index is 0.198. The molecule has 0 saturated heterocycles. The number of hydrogen-bond acceptors (Lipinski definition) is 4. The number of carbonyl (C=O) groups is 2. The predicted molar refractivity (Wildman–Crippen MR) is 77.1 cm³/mol. The van der Waals surface area contributed by atoms with Crippen LogP contribution < -0.4 is 11.5 Å². The zero-order valence-corrected chi connectivity index (χ0v) is 12.3. The highest BCUT2D eigenvalue weighted by Gasteiger charge is 2.42. The second-order valence-corrected chi connectivity index (χ2v) is 5.39. The third-order valence-corrected chi connectivity index (χ3v) is 3.59. The molecule has 118 valence electrons. The van der Waals surface area contributed by atoms with Crippen LogP contribution in [0.3, 0.4) is 0 Å². The highest BCUT2D eigenvalue weighted by molar-refractivity contribution is 5.85. The molecule has 0 heterocycles. The van der Waals surface area contributed by atoms with Crippen molar-refractivity contribution >= 4 is 11.9 Å². The average molecular weight is 288 g/mol. The molecule has 20 heavy (non-hydrogen) atoms. The maximum atomic E-state index is 11.1. The van der Waals surface area contributed by atoms with Crippen molar-refractivity contribution in [3.05, 3.63) is 0 Å². The summed E-state index contributed by atoms with van der Waals surface area (Å²) in [6.07, 6.45) is 8.78. The van der Waals surface area contributed by atoms with Crippen molar-refractivity contribution in [2.45, 2.75) is 70.4 Å². The molecule has 1 atom stereocenters. The summed E-state index contributed by atoms with van der Waals surface area (Å²) in [5.41, 5.74) is 8.59. The Morgan fingerprint density at radius 3 is 1.80 bits per heavy atom. The molecular weight excluding hydrogens is 260 g/mol. The molecule has 0 radical (unpaired) electrons. The van der Waals surface area contributed by atoms with Gasteiger partial charge in [0.05, 0.1) is 5.92 Å². The van der Waals surface area contributed by atoms with Gasteiger partial charge in [0.25, 0.3) is 0 Å². The Bertz CT molecular complexity index is 306. The molecule has 0 rings (SSSR count). The van der Waals surface area contributed by atoms with Crippen LogP contribution in [-0.2, 0) is 9.59 Å². The summed E-state index contributed by atoms with van der Waals surface area (Å²) in [7, 11) is 0. The largest absolute Gasteiger partial charge is 0.481 e. The molecule has 0 aromatic carbocycles. The molecule has 0 bridgehead atoms. The van der Waals surface area contributed by atoms with E-state index >= 15 is 0 Å². The van der Waals surface area contributed by atoms with Gasteiger partial charge in [-0.25, -0.2) is 4.79 Å². The molecule has 0 aliphatic rings. The SMILES string of the molecule is CCCCCCCCCCC(C(=O)O)C(N)(N)C(=O)O. The van der Waals surface area contributed by atoms with Gasteiger partial charge in [0.15, 0.2) is 5.66 Å². The lowest BCUT2D eigenvalue weighted by molar-refractivity contribution is -0.155. The third kappa shape index (κ3) is 6.86. The minimum atomic E-state index is -2.20. The fourth-order valence-electron chi connectivity index (χ4n) is 2.20. The standard InChI is InChI=1S/C14H28N2O4/c1-2-3-4-5-6-7-8-9-10-11(12(17)18)14(15,16)13(19)20/h11H,2-10,15-16H2,1H3,(H,17,18)(H,19,20). The zero-order chi connectivity index (χ0) is 15.6. The quantitative estimate of drug-likeness (QED) is 0.321. The first-order valence-electron chi connectivity index (χ1n) is 7.38. The first-order chi connectivity index (χ1) is 9.34. The van der Waals surface area contributed by atoms with E-state index in [1.165, 1.54) is 25.7 Å². The van der Waals surface area contributed by atoms with Gasteiger partial charge in [-0.05, 0) is 6.42 Å². The molecule has 0 fully saturated rings. The van der Waals surface area contributed by atoms with Crippen LogP contribution in [0.4, 0.5) is 0 Å². The average Bonchev–Trinajstić information content (AvgIpc) is 2.35. The summed E-state index contributed by atoms with van der Waals surface area (Å²) in [4.78, 5) is 22.0. The topological polar surface area (TPSA) is 127 Å². The molecule has 0 aliphatic heterocycles. The Kier molecular flexibility index (Phi) is 9.16. The van der Waals surface area contributed by atoms with Gasteiger partial charge in [-0.1, -0.05) is 58.3 Å². The van der Waals surface area contributed by atoms with Crippen molar-refractivity contribution in [3.63, 3.8) is 0 Å². The smallest absolute Gasteiger partial charge is 0.339 e. The summed E-state index contributed by atoms with van der Waals surface area (Å²) in [5.74, 6) is -3.98. The number of carboxylic acids is 2. The molecule has 0 aromatic rings. The summed E-state index contributed by atoms with van der Waals surface area (Å²) < 4.78 is 0. The minimum Gasteiger partial charge on any atom is -0.481 e. The van der Waals surface area contributed by atoms with Crippen molar-refractivity contribution in [1.82, 2.24) is 0 Å². The Morgan fingerprint density at radius 2 is 1.40 bits per heavy atom. The summed E-state index contributed by atoms with van der Waals surface area (Å²) >= 11 is 0. The summed E-state index contributed by atoms with van der Waals surface area (Å²) in [6, 6.07) is 0. The van der Waals surface area contributed by atoms with E-state index < -0.39 is 23.5 Å². The van der Waals surface area contributed by atoms with Crippen molar-refractivity contribution in [1.29, 1.82) is 0 Å². The molecule has 6 N–H and O–H groups in total. The van der Waals surface area contributed by atoms with Crippen molar-refractivity contribution < 1.29 is 19.8 Å². The Hall–Kier alpha value is -1.14. The highest BCUT2D eigenvalue weighted by atomic mass is 16.4. The van der Waals surface area contributed by atoms with Crippen LogP contribution in [0.25, 0.3) is 0 Å². The van der Waals surface area contributed by atoms with E-state index in [1.807, 2.05) is 0 Å². The molecule has 0 aliphatic carbocycles. The molecule has 0 amide bonds. The fraction of sp³-hybridized carbons (Fsp3) is 0.857. The van der Waals surface area contributed by atoms with Crippen LogP contribution in [0.5, 0.6) is 0 Å². The highest BCUT2D eigenvalue weighted by Crippen LogP contribution is 2.19. The first-order valence-corrected chi connectivity index (χ1v) is 7.38. The maximum Gasteiger partial charge on any atom is 0.339 e. The van der Waals surface area contributed by atoms with Gasteiger partial charge < -0.3 is 21.7 Å². The number of nitrogens with two attached hydrogens (primary N) is 2. The summed E-state index contributed by atoms with van der Waals surface area (Å²) in [5, 5.41) is 17.9. The van der Waals surface area contributed by atoms with Crippen LogP contribution in [-0.4, -0.2) is 27.8 Å². The van der Waals surface area contributed by atoms with Crippen LogP contribution in [0, 0.1) is 5.92 Å². The van der Waals surface area contributed by atoms with Gasteiger partial charge in [0.1, 0.15) is 0 Å². The molecule has 6 nitrogen and oxygen atoms in total. The lowest BCUT2D eigenvalue weighted by Crippen LogP contribution is -2.63. The predicted octanol–water partition coefficient (Wildman–Crippen LogP) is 1.92. The molecular formula is C14H28N2O4. The molecule has 1 unspecified atom stereocenters. The van der Waals surface area contributed by atoms with Gasteiger partial charge in [0, 0.05) is 0 Å². The van der Waals surface area contributed by atoms with Gasteiger partial charge in [-0.15, -0.1) is 0 Å². The molecule has 0 spiro atoms. The summed E-state index contributed by atoms with van der Waals surface area (Å²) in [6.45, 7) is 2.17. The van der Waals surface area contributed by atoms with Crippen LogP contribution in [0.15, 0.2) is 0 Å². The van der Waals surface area contributed by atoms with E-state index in [0.29, 0.717) is 6.42 Å². The number of unbranched alkanes of at least 4 members (excludes halogenated alkanes) is 7. The van der Waals surface area contributed by atoms with Crippen molar-refractivity contribution in [2.24, 2.45) is 17.4 Å². The van der Waals surface area contributed by atoms with E-state index in [2.05, 4.69) is 6.92 Å². The van der Waals surface area contributed by atoms with Gasteiger partial charge in [0.2, 0.25) is 0 Å². The van der Waals surface area contributed by atoms with Crippen LogP contribution in [0.1, 0.15) is 64.7 Å². The Labute approximate surface area is 120 Å². The van der Waals surface area contributed by atoms with E-state index in [0.717, 1.165) is 19.3 Å². The number of hydrogen-bond donors (Lipinski definition) is 4.